The number of carbonyl (C=O) groups is 1. The molecule has 5 nitrogen and oxygen atoms in total. The summed E-state index contributed by atoms with van der Waals surface area (Å²) in [5.41, 5.74) is -0.668. The quantitative estimate of drug-likeness (QED) is 0.738. The Morgan fingerprint density at radius 2 is 1.83 bits per heavy atom. The van der Waals surface area contributed by atoms with Gasteiger partial charge in [-0.3, -0.25) is 4.79 Å². The molecule has 1 aromatic rings. The number of hydrogen-bond acceptors (Lipinski definition) is 3. The van der Waals surface area contributed by atoms with Crippen LogP contribution in [0.4, 0.5) is 8.78 Å². The highest BCUT2D eigenvalue weighted by molar-refractivity contribution is 7.89. The Balaban J connectivity index is 1.75. The normalized spacial score (nSPS) is 20.8. The van der Waals surface area contributed by atoms with Gasteiger partial charge in [-0.1, -0.05) is 13.0 Å². The van der Waals surface area contributed by atoms with Crippen LogP contribution in [0, 0.1) is 23.5 Å². The van der Waals surface area contributed by atoms with Crippen molar-refractivity contribution >= 4 is 15.9 Å². The van der Waals surface area contributed by atoms with Crippen LogP contribution in [0.15, 0.2) is 18.2 Å². The van der Waals surface area contributed by atoms with E-state index in [-0.39, 0.29) is 24.8 Å². The Hall–Kier alpha value is -1.54. The molecule has 1 saturated carbocycles. The van der Waals surface area contributed by atoms with Crippen molar-refractivity contribution in [3.8, 4) is 0 Å². The van der Waals surface area contributed by atoms with Gasteiger partial charge in [-0.2, -0.15) is 0 Å². The van der Waals surface area contributed by atoms with Gasteiger partial charge in [-0.25, -0.2) is 21.9 Å². The van der Waals surface area contributed by atoms with Crippen molar-refractivity contribution in [2.75, 3.05) is 18.8 Å². The molecule has 0 heterocycles. The van der Waals surface area contributed by atoms with E-state index in [0.29, 0.717) is 5.92 Å². The first-order valence-corrected chi connectivity index (χ1v) is 9.13. The van der Waals surface area contributed by atoms with Crippen LogP contribution in [-0.2, 0) is 10.0 Å². The Labute approximate surface area is 134 Å². The van der Waals surface area contributed by atoms with Gasteiger partial charge in [0.2, 0.25) is 10.0 Å². The van der Waals surface area contributed by atoms with E-state index in [9.17, 15) is 22.0 Å². The summed E-state index contributed by atoms with van der Waals surface area (Å²) in [6, 6.07) is 3.14. The largest absolute Gasteiger partial charge is 0.351 e. The standard InChI is InChI=1S/C15H20F2N2O3S/c1-10-7-11(8-10)9-23(21,22)19-6-5-18-15(20)14-12(16)3-2-4-13(14)17/h2-4,10-11,19H,5-9H2,1H3,(H,18,20). The lowest BCUT2D eigenvalue weighted by molar-refractivity contribution is 0.0946. The summed E-state index contributed by atoms with van der Waals surface area (Å²) in [7, 11) is -3.39. The lowest BCUT2D eigenvalue weighted by Crippen LogP contribution is -2.39. The maximum Gasteiger partial charge on any atom is 0.257 e. The summed E-state index contributed by atoms with van der Waals surface area (Å²) in [4.78, 5) is 11.7. The number of amides is 1. The predicted octanol–water partition coefficient (Wildman–Crippen LogP) is 1.66. The molecule has 0 aromatic heterocycles. The molecule has 0 saturated heterocycles. The topological polar surface area (TPSA) is 75.3 Å². The third kappa shape index (κ3) is 4.97. The van der Waals surface area contributed by atoms with Gasteiger partial charge in [-0.05, 0) is 36.8 Å². The van der Waals surface area contributed by atoms with Crippen LogP contribution in [0.5, 0.6) is 0 Å². The molecule has 0 aliphatic heterocycles. The fourth-order valence-corrected chi connectivity index (χ4v) is 4.18. The number of benzene rings is 1. The lowest BCUT2D eigenvalue weighted by Gasteiger charge is -2.32. The summed E-state index contributed by atoms with van der Waals surface area (Å²) in [6.45, 7) is 2.01. The Kier molecular flexibility index (Phi) is 5.69. The molecule has 1 amide bonds. The van der Waals surface area contributed by atoms with Crippen molar-refractivity contribution in [2.45, 2.75) is 19.8 Å². The summed E-state index contributed by atoms with van der Waals surface area (Å²) < 4.78 is 52.8. The second-order valence-electron chi connectivity index (χ2n) is 5.97. The van der Waals surface area contributed by atoms with Gasteiger partial charge in [-0.15, -0.1) is 0 Å². The van der Waals surface area contributed by atoms with E-state index in [4.69, 9.17) is 0 Å². The first-order valence-electron chi connectivity index (χ1n) is 7.48. The molecule has 1 fully saturated rings. The van der Waals surface area contributed by atoms with Gasteiger partial charge < -0.3 is 5.32 Å². The van der Waals surface area contributed by atoms with Gasteiger partial charge in [0, 0.05) is 13.1 Å². The van der Waals surface area contributed by atoms with Crippen molar-refractivity contribution in [3.63, 3.8) is 0 Å². The van der Waals surface area contributed by atoms with Crippen LogP contribution in [-0.4, -0.2) is 33.2 Å². The average Bonchev–Trinajstić information content (AvgIpc) is 2.41. The Bertz CT molecular complexity index is 653. The van der Waals surface area contributed by atoms with E-state index in [1.807, 2.05) is 0 Å². The monoisotopic (exact) mass is 346 g/mol. The van der Waals surface area contributed by atoms with Crippen LogP contribution in [0.3, 0.4) is 0 Å². The van der Waals surface area contributed by atoms with Gasteiger partial charge in [0.15, 0.2) is 0 Å². The Morgan fingerprint density at radius 3 is 2.39 bits per heavy atom. The van der Waals surface area contributed by atoms with Gasteiger partial charge in [0.1, 0.15) is 17.2 Å². The molecular formula is C15H20F2N2O3S. The molecule has 0 radical (unpaired) electrons. The molecule has 1 aromatic carbocycles. The van der Waals surface area contributed by atoms with Gasteiger partial charge in [0.05, 0.1) is 5.75 Å². The maximum absolute atomic E-state index is 13.4. The molecule has 8 heteroatoms. The van der Waals surface area contributed by atoms with Crippen LogP contribution < -0.4 is 10.0 Å². The van der Waals surface area contributed by atoms with Crippen molar-refractivity contribution in [2.24, 2.45) is 11.8 Å². The van der Waals surface area contributed by atoms with E-state index >= 15 is 0 Å². The summed E-state index contributed by atoms with van der Waals surface area (Å²) in [6.07, 6.45) is 1.81. The first kappa shape index (κ1) is 17.8. The molecule has 2 rings (SSSR count). The highest BCUT2D eigenvalue weighted by atomic mass is 32.2. The highest BCUT2D eigenvalue weighted by Gasteiger charge is 2.29. The minimum Gasteiger partial charge on any atom is -0.351 e. The van der Waals surface area contributed by atoms with Crippen LogP contribution in [0.25, 0.3) is 0 Å². The van der Waals surface area contributed by atoms with E-state index in [1.54, 1.807) is 0 Å². The average molecular weight is 346 g/mol. The minimum absolute atomic E-state index is 0.0214. The van der Waals surface area contributed by atoms with E-state index in [0.717, 1.165) is 31.0 Å². The van der Waals surface area contributed by atoms with Gasteiger partial charge in [0.25, 0.3) is 5.91 Å². The molecule has 1 aliphatic rings. The summed E-state index contributed by atoms with van der Waals surface area (Å²) >= 11 is 0. The zero-order valence-electron chi connectivity index (χ0n) is 12.8. The highest BCUT2D eigenvalue weighted by Crippen LogP contribution is 2.33. The van der Waals surface area contributed by atoms with Crippen molar-refractivity contribution in [3.05, 3.63) is 35.4 Å². The molecule has 2 N–H and O–H groups in total. The zero-order valence-corrected chi connectivity index (χ0v) is 13.6. The van der Waals surface area contributed by atoms with E-state index in [2.05, 4.69) is 17.0 Å². The van der Waals surface area contributed by atoms with E-state index < -0.39 is 33.1 Å². The number of sulfonamides is 1. The third-order valence-corrected chi connectivity index (χ3v) is 5.40. The Morgan fingerprint density at radius 1 is 1.22 bits per heavy atom. The van der Waals surface area contributed by atoms with E-state index in [1.165, 1.54) is 0 Å². The molecule has 0 unspecified atom stereocenters. The summed E-state index contributed by atoms with van der Waals surface area (Å²) in [5.74, 6) is -1.99. The minimum atomic E-state index is -3.39. The molecule has 23 heavy (non-hydrogen) atoms. The molecule has 0 atom stereocenters. The smallest absolute Gasteiger partial charge is 0.257 e. The number of carbonyl (C=O) groups excluding carboxylic acids is 1. The molecule has 0 spiro atoms. The molecular weight excluding hydrogens is 326 g/mol. The summed E-state index contributed by atoms with van der Waals surface area (Å²) in [5, 5.41) is 2.30. The third-order valence-electron chi connectivity index (χ3n) is 3.85. The zero-order chi connectivity index (χ0) is 17.0. The van der Waals surface area contributed by atoms with Crippen LogP contribution >= 0.6 is 0 Å². The second-order valence-corrected chi connectivity index (χ2v) is 7.82. The predicted molar refractivity (Wildman–Crippen MR) is 82.4 cm³/mol. The number of rotatable bonds is 7. The molecule has 1 aliphatic carbocycles. The number of nitrogens with one attached hydrogen (secondary N) is 2. The van der Waals surface area contributed by atoms with Crippen molar-refractivity contribution in [1.29, 1.82) is 0 Å². The number of halogens is 2. The lowest BCUT2D eigenvalue weighted by atomic mass is 9.77. The van der Waals surface area contributed by atoms with Crippen molar-refractivity contribution < 1.29 is 22.0 Å². The number of hydrogen-bond donors (Lipinski definition) is 2. The fraction of sp³-hybridized carbons (Fsp3) is 0.533. The fourth-order valence-electron chi connectivity index (χ4n) is 2.76. The SMILES string of the molecule is CC1CC(CS(=O)(=O)NCCNC(=O)c2c(F)cccc2F)C1. The molecule has 128 valence electrons. The maximum atomic E-state index is 13.4. The second kappa shape index (κ2) is 7.35. The van der Waals surface area contributed by atoms with Crippen LogP contribution in [0.1, 0.15) is 30.1 Å². The first-order chi connectivity index (χ1) is 10.8. The molecule has 0 bridgehead atoms. The van der Waals surface area contributed by atoms with Gasteiger partial charge >= 0.3 is 0 Å². The van der Waals surface area contributed by atoms with Crippen molar-refractivity contribution in [1.82, 2.24) is 10.0 Å². The van der Waals surface area contributed by atoms with Crippen LogP contribution in [0.2, 0.25) is 0 Å².